The number of piperazine rings is 2. The predicted molar refractivity (Wildman–Crippen MR) is 138 cm³/mol. The van der Waals surface area contributed by atoms with Crippen molar-refractivity contribution in [2.75, 3.05) is 56.0 Å². The van der Waals surface area contributed by atoms with E-state index in [1.54, 1.807) is 6.07 Å². The van der Waals surface area contributed by atoms with Crippen molar-refractivity contribution in [1.82, 2.24) is 15.1 Å². The lowest BCUT2D eigenvalue weighted by Gasteiger charge is -2.39. The Morgan fingerprint density at radius 2 is 1.76 bits per heavy atom. The molecule has 2 heterocycles. The molecule has 4 rings (SSSR count). The van der Waals surface area contributed by atoms with Crippen molar-refractivity contribution < 1.29 is 27.6 Å². The van der Waals surface area contributed by atoms with E-state index < -0.39 is 17.8 Å². The van der Waals surface area contributed by atoms with Gasteiger partial charge < -0.3 is 20.4 Å². The number of hydrogen-bond acceptors (Lipinski definition) is 5. The fourth-order valence-corrected chi connectivity index (χ4v) is 4.87. The molecule has 0 bridgehead atoms. The van der Waals surface area contributed by atoms with Crippen LogP contribution in [-0.4, -0.2) is 79.4 Å². The van der Waals surface area contributed by atoms with Gasteiger partial charge in [0.15, 0.2) is 0 Å². The molecule has 11 heteroatoms. The van der Waals surface area contributed by atoms with Gasteiger partial charge in [0, 0.05) is 50.6 Å². The zero-order chi connectivity index (χ0) is 27.4. The maximum atomic E-state index is 13.2. The van der Waals surface area contributed by atoms with Crippen LogP contribution < -0.4 is 15.5 Å². The van der Waals surface area contributed by atoms with Crippen LogP contribution in [0.2, 0.25) is 0 Å². The van der Waals surface area contributed by atoms with Crippen molar-refractivity contribution in [3.05, 3.63) is 59.2 Å². The van der Waals surface area contributed by atoms with E-state index >= 15 is 0 Å². The van der Waals surface area contributed by atoms with Gasteiger partial charge in [-0.2, -0.15) is 13.2 Å². The lowest BCUT2D eigenvalue weighted by Crippen LogP contribution is -2.60. The third-order valence-corrected chi connectivity index (χ3v) is 6.96. The molecule has 2 saturated heterocycles. The van der Waals surface area contributed by atoms with Gasteiger partial charge in [0.05, 0.1) is 18.5 Å². The van der Waals surface area contributed by atoms with Crippen LogP contribution in [0, 0.1) is 13.8 Å². The maximum absolute atomic E-state index is 13.2. The summed E-state index contributed by atoms with van der Waals surface area (Å²) in [5.74, 6) is -0.974. The van der Waals surface area contributed by atoms with Gasteiger partial charge in [0.25, 0.3) is 0 Å². The van der Waals surface area contributed by atoms with E-state index in [0.717, 1.165) is 23.3 Å². The first-order chi connectivity index (χ1) is 18.0. The molecule has 2 fully saturated rings. The van der Waals surface area contributed by atoms with Crippen molar-refractivity contribution in [3.8, 4) is 0 Å². The molecule has 2 aliphatic rings. The van der Waals surface area contributed by atoms with E-state index in [4.69, 9.17) is 0 Å². The number of nitrogens with one attached hydrogen (secondary N) is 2. The number of aryl methyl sites for hydroxylation is 2. The fourth-order valence-electron chi connectivity index (χ4n) is 4.87. The normalized spacial score (nSPS) is 18.8. The van der Waals surface area contributed by atoms with Crippen LogP contribution in [0.15, 0.2) is 42.5 Å². The summed E-state index contributed by atoms with van der Waals surface area (Å²) in [6, 6.07) is 9.97. The van der Waals surface area contributed by atoms with Crippen LogP contribution in [0.25, 0.3) is 0 Å². The molecule has 2 aromatic carbocycles. The number of hydrogen-bond donors (Lipinski definition) is 2. The molecule has 0 radical (unpaired) electrons. The van der Waals surface area contributed by atoms with Gasteiger partial charge in [-0.1, -0.05) is 23.8 Å². The highest BCUT2D eigenvalue weighted by atomic mass is 19.4. The maximum Gasteiger partial charge on any atom is 0.416 e. The fraction of sp³-hybridized carbons (Fsp3) is 0.444. The van der Waals surface area contributed by atoms with Crippen molar-refractivity contribution in [1.29, 1.82) is 0 Å². The number of nitrogens with zero attached hydrogens (tertiary/aromatic N) is 3. The first kappa shape index (κ1) is 27.4. The van der Waals surface area contributed by atoms with Gasteiger partial charge in [0.2, 0.25) is 17.7 Å². The van der Waals surface area contributed by atoms with Crippen LogP contribution in [-0.2, 0) is 20.6 Å². The topological polar surface area (TPSA) is 85.0 Å². The number of anilines is 2. The highest BCUT2D eigenvalue weighted by Crippen LogP contribution is 2.32. The molecule has 2 aliphatic heterocycles. The standard InChI is InChI=1S/C27H32F3N5O3/c1-18-6-7-22(19(2)14-18)32-24(36)16-23-26(38)31-8-9-35(23)25(37)17-33-10-12-34(13-11-33)21-5-3-4-20(15-21)27(28,29)30/h3-7,14-15,23H,8-13,16-17H2,1-2H3,(H,31,38)(H,32,36)/t23-/m1/s1. The minimum Gasteiger partial charge on any atom is -0.369 e. The van der Waals surface area contributed by atoms with E-state index in [0.29, 0.717) is 50.6 Å². The molecule has 38 heavy (non-hydrogen) atoms. The lowest BCUT2D eigenvalue weighted by atomic mass is 10.1. The Bertz CT molecular complexity index is 1190. The van der Waals surface area contributed by atoms with E-state index in [2.05, 4.69) is 10.6 Å². The van der Waals surface area contributed by atoms with E-state index in [1.165, 1.54) is 11.0 Å². The molecule has 1 atom stereocenters. The number of alkyl halides is 3. The molecular weight excluding hydrogens is 499 g/mol. The highest BCUT2D eigenvalue weighted by Gasteiger charge is 2.36. The van der Waals surface area contributed by atoms with Gasteiger partial charge in [-0.25, -0.2) is 0 Å². The van der Waals surface area contributed by atoms with Crippen LogP contribution >= 0.6 is 0 Å². The molecule has 0 saturated carbocycles. The van der Waals surface area contributed by atoms with E-state index in [9.17, 15) is 27.6 Å². The summed E-state index contributed by atoms with van der Waals surface area (Å²) in [5.41, 5.74) is 2.44. The third-order valence-electron chi connectivity index (χ3n) is 6.96. The summed E-state index contributed by atoms with van der Waals surface area (Å²) in [6.07, 6.45) is -4.56. The summed E-state index contributed by atoms with van der Waals surface area (Å²) in [5, 5.41) is 5.57. The van der Waals surface area contributed by atoms with Gasteiger partial charge in [-0.15, -0.1) is 0 Å². The van der Waals surface area contributed by atoms with Crippen LogP contribution in [0.3, 0.4) is 0 Å². The van der Waals surface area contributed by atoms with Crippen molar-refractivity contribution >= 4 is 29.1 Å². The molecular formula is C27H32F3N5O3. The van der Waals surface area contributed by atoms with Crippen molar-refractivity contribution in [2.45, 2.75) is 32.5 Å². The van der Waals surface area contributed by atoms with Gasteiger partial charge in [0.1, 0.15) is 6.04 Å². The Labute approximate surface area is 219 Å². The molecule has 0 aromatic heterocycles. The number of amides is 3. The highest BCUT2D eigenvalue weighted by molar-refractivity contribution is 5.98. The molecule has 2 N–H and O–H groups in total. The summed E-state index contributed by atoms with van der Waals surface area (Å²) in [6.45, 7) is 6.43. The number of rotatable bonds is 6. The number of carbonyl (C=O) groups excluding carboxylic acids is 3. The number of halogens is 3. The average Bonchev–Trinajstić information content (AvgIpc) is 2.87. The Morgan fingerprint density at radius 3 is 2.45 bits per heavy atom. The third kappa shape index (κ3) is 6.63. The molecule has 3 amide bonds. The minimum atomic E-state index is -4.41. The Kier molecular flexibility index (Phi) is 8.25. The molecule has 0 aliphatic carbocycles. The smallest absolute Gasteiger partial charge is 0.369 e. The van der Waals surface area contributed by atoms with E-state index in [1.807, 2.05) is 41.8 Å². The number of carbonyl (C=O) groups is 3. The molecule has 2 aromatic rings. The van der Waals surface area contributed by atoms with Gasteiger partial charge in [-0.3, -0.25) is 19.3 Å². The molecule has 0 spiro atoms. The van der Waals surface area contributed by atoms with Crippen molar-refractivity contribution in [2.24, 2.45) is 0 Å². The second kappa shape index (κ2) is 11.4. The van der Waals surface area contributed by atoms with Crippen LogP contribution in [0.4, 0.5) is 24.5 Å². The lowest BCUT2D eigenvalue weighted by molar-refractivity contribution is -0.145. The van der Waals surface area contributed by atoms with E-state index in [-0.39, 0.29) is 30.7 Å². The van der Waals surface area contributed by atoms with Crippen LogP contribution in [0.5, 0.6) is 0 Å². The second-order valence-corrected chi connectivity index (χ2v) is 9.78. The molecule has 0 unspecified atom stereocenters. The zero-order valence-corrected chi connectivity index (χ0v) is 21.5. The SMILES string of the molecule is Cc1ccc(NC(=O)C[C@@H]2C(=O)NCCN2C(=O)CN2CCN(c3cccc(C(F)(F)F)c3)CC2)c(C)c1. The minimum absolute atomic E-state index is 0.0684. The Balaban J connectivity index is 1.33. The summed E-state index contributed by atoms with van der Waals surface area (Å²) >= 11 is 0. The summed E-state index contributed by atoms with van der Waals surface area (Å²) in [7, 11) is 0. The first-order valence-electron chi connectivity index (χ1n) is 12.6. The zero-order valence-electron chi connectivity index (χ0n) is 21.5. The largest absolute Gasteiger partial charge is 0.416 e. The molecule has 204 valence electrons. The van der Waals surface area contributed by atoms with Crippen molar-refractivity contribution in [3.63, 3.8) is 0 Å². The second-order valence-electron chi connectivity index (χ2n) is 9.78. The number of benzene rings is 2. The van der Waals surface area contributed by atoms with Crippen LogP contribution in [0.1, 0.15) is 23.1 Å². The quantitative estimate of drug-likeness (QED) is 0.599. The summed E-state index contributed by atoms with van der Waals surface area (Å²) < 4.78 is 39.2. The summed E-state index contributed by atoms with van der Waals surface area (Å²) in [4.78, 5) is 43.8. The molecule has 8 nitrogen and oxygen atoms in total. The predicted octanol–water partition coefficient (Wildman–Crippen LogP) is 2.80. The monoisotopic (exact) mass is 531 g/mol. The Morgan fingerprint density at radius 1 is 1.03 bits per heavy atom. The Hall–Kier alpha value is -3.60. The van der Waals surface area contributed by atoms with Gasteiger partial charge >= 0.3 is 6.18 Å². The first-order valence-corrected chi connectivity index (χ1v) is 12.6. The van der Waals surface area contributed by atoms with Gasteiger partial charge in [-0.05, 0) is 43.7 Å². The average molecular weight is 532 g/mol.